The van der Waals surface area contributed by atoms with Crippen LogP contribution < -0.4 is 0 Å². The van der Waals surface area contributed by atoms with Gasteiger partial charge in [-0.1, -0.05) is 0 Å². The van der Waals surface area contributed by atoms with E-state index in [-0.39, 0.29) is 16.0 Å². The molecule has 0 aromatic carbocycles. The lowest BCUT2D eigenvalue weighted by Crippen LogP contribution is -2.54. The van der Waals surface area contributed by atoms with Crippen LogP contribution in [0.1, 0.15) is 6.42 Å². The molecule has 0 saturated heterocycles. The fraction of sp³-hybridized carbons (Fsp3) is 0.846. The summed E-state index contributed by atoms with van der Waals surface area (Å²) >= 11 is 0. The summed E-state index contributed by atoms with van der Waals surface area (Å²) in [5.74, 6) is -12.7. The molecule has 0 amide bonds. The summed E-state index contributed by atoms with van der Waals surface area (Å²) in [6, 6.07) is 0. The van der Waals surface area contributed by atoms with Crippen molar-refractivity contribution in [1.29, 1.82) is 0 Å². The van der Waals surface area contributed by atoms with E-state index in [1.54, 1.807) is 0 Å². The minimum Gasteiger partial charge on any atom is -0.337 e. The summed E-state index contributed by atoms with van der Waals surface area (Å²) in [4.78, 5) is -0.308. The maximum atomic E-state index is 13.7. The smallest absolute Gasteiger partial charge is 0.337 e. The quantitative estimate of drug-likeness (QED) is 0.233. The Morgan fingerprint density at radius 2 is 1.11 bits per heavy atom. The van der Waals surface area contributed by atoms with E-state index in [1.165, 1.54) is 0 Å². The summed E-state index contributed by atoms with van der Waals surface area (Å²) in [6.45, 7) is -1.93. The molecule has 0 bridgehead atoms. The van der Waals surface area contributed by atoms with Gasteiger partial charge in [0.25, 0.3) is 0 Å². The second-order valence-corrected chi connectivity index (χ2v) is 9.23. The number of nitrogens with zero attached hydrogens (tertiary/aromatic N) is 2. The maximum Gasteiger partial charge on any atom is 0.463 e. The molecule has 1 aliphatic rings. The summed E-state index contributed by atoms with van der Waals surface area (Å²) in [6.07, 6.45) is -26.8. The Bertz CT molecular complexity index is 816. The molecule has 1 unspecified atom stereocenters. The summed E-state index contributed by atoms with van der Waals surface area (Å²) < 4.78 is 235. The van der Waals surface area contributed by atoms with E-state index in [9.17, 15) is 79.2 Å². The van der Waals surface area contributed by atoms with E-state index >= 15 is 0 Å². The molecule has 0 saturated carbocycles. The van der Waals surface area contributed by atoms with E-state index in [4.69, 9.17) is 0 Å². The van der Waals surface area contributed by atoms with Crippen LogP contribution in [0.2, 0.25) is 0 Å². The van der Waals surface area contributed by atoms with E-state index in [0.29, 0.717) is 13.2 Å². The zero-order valence-corrected chi connectivity index (χ0v) is 17.1. The molecule has 0 N–H and O–H groups in total. The normalized spacial score (nSPS) is 19.7. The van der Waals surface area contributed by atoms with Crippen molar-refractivity contribution < 1.29 is 83.7 Å². The first-order chi connectivity index (χ1) is 15.1. The molecule has 1 atom stereocenters. The maximum absolute atomic E-state index is 13.7. The molecule has 0 spiro atoms. The standard InChI is InChI=1S/C13H10F17N2O2P/c1-31-4-5-32(3-2-7(14,15)8(16,17)9(18,19)20)6(31)34-35(33,12(27,28)10(21,22)23)13(29,30)11(24,25)26/h4-6H,2-3H2,1H3. The van der Waals surface area contributed by atoms with Crippen molar-refractivity contribution in [3.63, 3.8) is 0 Å². The van der Waals surface area contributed by atoms with Gasteiger partial charge >= 0.3 is 49.1 Å². The first kappa shape index (κ1) is 31.4. The van der Waals surface area contributed by atoms with Crippen LogP contribution >= 0.6 is 7.37 Å². The van der Waals surface area contributed by atoms with Gasteiger partial charge in [-0.25, -0.2) is 0 Å². The molecule has 0 aromatic heterocycles. The molecular formula is C13H10F17N2O2P. The van der Waals surface area contributed by atoms with Crippen molar-refractivity contribution in [3.05, 3.63) is 12.4 Å². The molecule has 0 aliphatic carbocycles. The molecule has 0 fully saturated rings. The highest BCUT2D eigenvalue weighted by molar-refractivity contribution is 7.61. The largest absolute Gasteiger partial charge is 0.463 e. The van der Waals surface area contributed by atoms with Gasteiger partial charge in [-0.05, 0) is 0 Å². The number of alkyl halides is 17. The molecular weight excluding hydrogens is 570 g/mol. The van der Waals surface area contributed by atoms with Gasteiger partial charge in [0.05, 0.1) is 0 Å². The van der Waals surface area contributed by atoms with Gasteiger partial charge in [0, 0.05) is 32.4 Å². The Balaban J connectivity index is 3.43. The van der Waals surface area contributed by atoms with Crippen LogP contribution in [-0.2, 0) is 9.09 Å². The average Bonchev–Trinajstić information content (AvgIpc) is 2.96. The van der Waals surface area contributed by atoms with Gasteiger partial charge in [0.1, 0.15) is 0 Å². The molecule has 4 nitrogen and oxygen atoms in total. The second kappa shape index (κ2) is 8.72. The molecule has 1 rings (SSSR count). The monoisotopic (exact) mass is 580 g/mol. The number of rotatable bonds is 8. The van der Waals surface area contributed by atoms with Crippen molar-refractivity contribution in [2.24, 2.45) is 0 Å². The van der Waals surface area contributed by atoms with Crippen molar-refractivity contribution in [2.45, 2.75) is 54.5 Å². The van der Waals surface area contributed by atoms with E-state index in [0.717, 1.165) is 0 Å². The summed E-state index contributed by atoms with van der Waals surface area (Å²) in [5.41, 5.74) is -14.8. The topological polar surface area (TPSA) is 32.8 Å². The van der Waals surface area contributed by atoms with Gasteiger partial charge in [-0.2, -0.15) is 74.6 Å². The Labute approximate surface area is 182 Å². The summed E-state index contributed by atoms with van der Waals surface area (Å²) in [5, 5.41) is 0. The van der Waals surface area contributed by atoms with Crippen molar-refractivity contribution >= 4 is 7.37 Å². The van der Waals surface area contributed by atoms with Crippen molar-refractivity contribution in [2.75, 3.05) is 13.6 Å². The average molecular weight is 580 g/mol. The third kappa shape index (κ3) is 5.11. The fourth-order valence-corrected chi connectivity index (χ4v) is 4.12. The molecule has 1 heterocycles. The fourth-order valence-electron chi connectivity index (χ4n) is 2.30. The second-order valence-electron chi connectivity index (χ2n) is 6.79. The highest BCUT2D eigenvalue weighted by atomic mass is 31.2. The third-order valence-electron chi connectivity index (χ3n) is 4.29. The Morgan fingerprint density at radius 1 is 0.714 bits per heavy atom. The molecule has 0 radical (unpaired) electrons. The lowest BCUT2D eigenvalue weighted by atomic mass is 10.1. The first-order valence-corrected chi connectivity index (χ1v) is 9.87. The van der Waals surface area contributed by atoms with Gasteiger partial charge in [0.2, 0.25) is 6.35 Å². The van der Waals surface area contributed by atoms with Crippen LogP contribution in [0.25, 0.3) is 0 Å². The Morgan fingerprint density at radius 3 is 1.46 bits per heavy atom. The van der Waals surface area contributed by atoms with Gasteiger partial charge < -0.3 is 9.80 Å². The van der Waals surface area contributed by atoms with Crippen LogP contribution in [0.15, 0.2) is 12.4 Å². The zero-order chi connectivity index (χ0) is 28.3. The highest BCUT2D eigenvalue weighted by Crippen LogP contribution is 2.78. The minimum absolute atomic E-state index is 0.0194. The molecule has 1 aliphatic heterocycles. The van der Waals surface area contributed by atoms with E-state index < -0.39 is 68.4 Å². The Hall–Kier alpha value is -1.66. The molecule has 208 valence electrons. The summed E-state index contributed by atoms with van der Waals surface area (Å²) in [7, 11) is -8.21. The first-order valence-electron chi connectivity index (χ1n) is 8.24. The van der Waals surface area contributed by atoms with Gasteiger partial charge in [0.15, 0.2) is 0 Å². The van der Waals surface area contributed by atoms with Crippen LogP contribution in [0.4, 0.5) is 74.6 Å². The van der Waals surface area contributed by atoms with Crippen LogP contribution in [0.5, 0.6) is 0 Å². The number of hydrogen-bond acceptors (Lipinski definition) is 4. The lowest BCUT2D eigenvalue weighted by molar-refractivity contribution is -0.356. The van der Waals surface area contributed by atoms with Crippen LogP contribution in [0.3, 0.4) is 0 Å². The SMILES string of the molecule is CN1C=CN(CCC(F)(F)C(F)(F)C(F)(F)F)C1OP(=O)(C(F)(F)C(F)(F)F)C(F)(F)C(F)(F)F. The predicted molar refractivity (Wildman–Crippen MR) is 78.7 cm³/mol. The van der Waals surface area contributed by atoms with Crippen molar-refractivity contribution in [3.8, 4) is 0 Å². The highest BCUT2D eigenvalue weighted by Gasteiger charge is 2.85. The molecule has 22 heteroatoms. The molecule has 35 heavy (non-hydrogen) atoms. The van der Waals surface area contributed by atoms with Gasteiger partial charge in [-0.15, -0.1) is 0 Å². The lowest BCUT2D eigenvalue weighted by Gasteiger charge is -2.39. The number of halogens is 17. The van der Waals surface area contributed by atoms with Gasteiger partial charge in [-0.3, -0.25) is 9.09 Å². The number of hydrogen-bond donors (Lipinski definition) is 0. The van der Waals surface area contributed by atoms with E-state index in [2.05, 4.69) is 4.52 Å². The van der Waals surface area contributed by atoms with E-state index in [1.807, 2.05) is 0 Å². The Kier molecular flexibility index (Phi) is 7.82. The van der Waals surface area contributed by atoms with Crippen molar-refractivity contribution in [1.82, 2.24) is 9.80 Å². The van der Waals surface area contributed by atoms with Crippen LogP contribution in [-0.4, -0.2) is 71.4 Å². The third-order valence-corrected chi connectivity index (χ3v) is 6.76. The van der Waals surface area contributed by atoms with Crippen LogP contribution in [0, 0.1) is 0 Å². The minimum atomic E-state index is -8.67. The molecule has 0 aromatic rings. The zero-order valence-electron chi connectivity index (χ0n) is 16.2. The predicted octanol–water partition coefficient (Wildman–Crippen LogP) is 6.82.